The minimum Gasteiger partial charge on any atom is -0.486 e. The molecule has 0 amide bonds. The van der Waals surface area contributed by atoms with E-state index in [4.69, 9.17) is 9.47 Å². The zero-order valence-corrected chi connectivity index (χ0v) is 13.5. The van der Waals surface area contributed by atoms with Crippen LogP contribution in [0.1, 0.15) is 25.3 Å². The predicted molar refractivity (Wildman–Crippen MR) is 87.9 cm³/mol. The lowest BCUT2D eigenvalue weighted by Gasteiger charge is -2.38. The summed E-state index contributed by atoms with van der Waals surface area (Å²) >= 11 is 0. The molecule has 4 nitrogen and oxygen atoms in total. The molecular formula is C18H26N2O2. The van der Waals surface area contributed by atoms with Gasteiger partial charge in [-0.25, -0.2) is 0 Å². The quantitative estimate of drug-likeness (QED) is 0.837. The fourth-order valence-corrected chi connectivity index (χ4v) is 3.97. The van der Waals surface area contributed by atoms with Crippen molar-refractivity contribution in [3.63, 3.8) is 0 Å². The number of fused-ring (bicyclic) bond motifs is 1. The molecule has 4 rings (SSSR count). The van der Waals surface area contributed by atoms with Gasteiger partial charge in [0.25, 0.3) is 0 Å². The van der Waals surface area contributed by atoms with Crippen LogP contribution in [0.15, 0.2) is 18.2 Å². The van der Waals surface area contributed by atoms with Crippen molar-refractivity contribution in [2.75, 3.05) is 50.8 Å². The molecule has 0 saturated carbocycles. The Bertz CT molecular complexity index is 532. The van der Waals surface area contributed by atoms with Gasteiger partial charge in [0, 0.05) is 57.2 Å². The SMILES string of the molecule is CCN1CCC2(CC1)Cc1ccc(N3CCOCC3)cc1O2. The molecular weight excluding hydrogens is 276 g/mol. The lowest BCUT2D eigenvalue weighted by Crippen LogP contribution is -2.47. The van der Waals surface area contributed by atoms with Crippen LogP contribution in [0.2, 0.25) is 0 Å². The molecule has 120 valence electrons. The molecule has 3 aliphatic rings. The van der Waals surface area contributed by atoms with Crippen molar-refractivity contribution in [2.45, 2.75) is 31.8 Å². The molecule has 1 spiro atoms. The number of likely N-dealkylation sites (tertiary alicyclic amines) is 1. The van der Waals surface area contributed by atoms with E-state index in [1.165, 1.54) is 24.3 Å². The van der Waals surface area contributed by atoms with Crippen LogP contribution in [0.3, 0.4) is 0 Å². The van der Waals surface area contributed by atoms with E-state index in [0.717, 1.165) is 57.9 Å². The summed E-state index contributed by atoms with van der Waals surface area (Å²) in [6.45, 7) is 9.36. The summed E-state index contributed by atoms with van der Waals surface area (Å²) in [5.41, 5.74) is 2.74. The van der Waals surface area contributed by atoms with Crippen LogP contribution in [0.5, 0.6) is 5.75 Å². The van der Waals surface area contributed by atoms with Gasteiger partial charge in [0.15, 0.2) is 0 Å². The molecule has 22 heavy (non-hydrogen) atoms. The monoisotopic (exact) mass is 302 g/mol. The predicted octanol–water partition coefficient (Wildman–Crippen LogP) is 2.31. The summed E-state index contributed by atoms with van der Waals surface area (Å²) in [6, 6.07) is 6.79. The first kappa shape index (κ1) is 14.3. The van der Waals surface area contributed by atoms with Gasteiger partial charge in [-0.05, 0) is 18.2 Å². The van der Waals surface area contributed by atoms with Crippen LogP contribution in [-0.2, 0) is 11.2 Å². The van der Waals surface area contributed by atoms with Gasteiger partial charge in [0.1, 0.15) is 11.4 Å². The summed E-state index contributed by atoms with van der Waals surface area (Å²) in [7, 11) is 0. The van der Waals surface area contributed by atoms with Gasteiger partial charge in [-0.3, -0.25) is 0 Å². The third-order valence-corrected chi connectivity index (χ3v) is 5.48. The smallest absolute Gasteiger partial charge is 0.125 e. The van der Waals surface area contributed by atoms with Crippen molar-refractivity contribution < 1.29 is 9.47 Å². The molecule has 0 aliphatic carbocycles. The number of hydrogen-bond donors (Lipinski definition) is 0. The van der Waals surface area contributed by atoms with Crippen molar-refractivity contribution in [1.29, 1.82) is 0 Å². The number of piperidine rings is 1. The van der Waals surface area contributed by atoms with E-state index < -0.39 is 0 Å². The molecule has 0 atom stereocenters. The summed E-state index contributed by atoms with van der Waals surface area (Å²) < 4.78 is 11.9. The van der Waals surface area contributed by atoms with Gasteiger partial charge in [0.05, 0.1) is 13.2 Å². The summed E-state index contributed by atoms with van der Waals surface area (Å²) in [6.07, 6.45) is 3.40. The highest BCUT2D eigenvalue weighted by Crippen LogP contribution is 2.42. The van der Waals surface area contributed by atoms with Crippen molar-refractivity contribution in [1.82, 2.24) is 4.90 Å². The molecule has 0 unspecified atom stereocenters. The van der Waals surface area contributed by atoms with Crippen LogP contribution in [-0.4, -0.2) is 56.4 Å². The van der Waals surface area contributed by atoms with E-state index in [1.54, 1.807) is 0 Å². The molecule has 0 aromatic heterocycles. The number of rotatable bonds is 2. The van der Waals surface area contributed by atoms with Gasteiger partial charge in [0.2, 0.25) is 0 Å². The van der Waals surface area contributed by atoms with Crippen molar-refractivity contribution in [3.8, 4) is 5.75 Å². The second kappa shape index (κ2) is 5.74. The van der Waals surface area contributed by atoms with Crippen LogP contribution in [0, 0.1) is 0 Å². The first-order chi connectivity index (χ1) is 10.8. The van der Waals surface area contributed by atoms with E-state index in [0.29, 0.717) is 0 Å². The average molecular weight is 302 g/mol. The van der Waals surface area contributed by atoms with Gasteiger partial charge in [-0.15, -0.1) is 0 Å². The average Bonchev–Trinajstić information content (AvgIpc) is 2.93. The summed E-state index contributed by atoms with van der Waals surface area (Å²) in [5.74, 6) is 1.12. The molecule has 1 aromatic carbocycles. The Kier molecular flexibility index (Phi) is 3.74. The molecule has 4 heteroatoms. The number of hydrogen-bond acceptors (Lipinski definition) is 4. The van der Waals surface area contributed by atoms with Crippen LogP contribution >= 0.6 is 0 Å². The lowest BCUT2D eigenvalue weighted by molar-refractivity contribution is 0.0211. The van der Waals surface area contributed by atoms with E-state index in [2.05, 4.69) is 34.9 Å². The number of morpholine rings is 1. The maximum atomic E-state index is 6.48. The van der Waals surface area contributed by atoms with Crippen molar-refractivity contribution in [3.05, 3.63) is 23.8 Å². The van der Waals surface area contributed by atoms with Crippen molar-refractivity contribution >= 4 is 5.69 Å². The maximum Gasteiger partial charge on any atom is 0.125 e. The Labute approximate surface area is 133 Å². The van der Waals surface area contributed by atoms with E-state index in [-0.39, 0.29) is 5.60 Å². The second-order valence-corrected chi connectivity index (χ2v) is 6.79. The summed E-state index contributed by atoms with van der Waals surface area (Å²) in [4.78, 5) is 4.93. The Morgan fingerprint density at radius 3 is 2.59 bits per heavy atom. The molecule has 0 N–H and O–H groups in total. The lowest BCUT2D eigenvalue weighted by atomic mass is 9.87. The Hall–Kier alpha value is -1.26. The Morgan fingerprint density at radius 2 is 1.86 bits per heavy atom. The molecule has 0 bridgehead atoms. The Morgan fingerprint density at radius 1 is 1.09 bits per heavy atom. The number of ether oxygens (including phenoxy) is 2. The van der Waals surface area contributed by atoms with Crippen LogP contribution < -0.4 is 9.64 Å². The molecule has 2 saturated heterocycles. The number of nitrogens with zero attached hydrogens (tertiary/aromatic N) is 2. The van der Waals surface area contributed by atoms with Gasteiger partial charge in [-0.1, -0.05) is 13.0 Å². The fraction of sp³-hybridized carbons (Fsp3) is 0.667. The Balaban J connectivity index is 1.49. The normalized spacial score (nSPS) is 24.3. The van der Waals surface area contributed by atoms with Gasteiger partial charge < -0.3 is 19.3 Å². The zero-order valence-electron chi connectivity index (χ0n) is 13.5. The largest absolute Gasteiger partial charge is 0.486 e. The third-order valence-electron chi connectivity index (χ3n) is 5.48. The van der Waals surface area contributed by atoms with Gasteiger partial charge in [-0.2, -0.15) is 0 Å². The topological polar surface area (TPSA) is 24.9 Å². The first-order valence-corrected chi connectivity index (χ1v) is 8.65. The molecule has 3 heterocycles. The molecule has 2 fully saturated rings. The molecule has 0 radical (unpaired) electrons. The molecule has 1 aromatic rings. The highest BCUT2D eigenvalue weighted by Gasteiger charge is 2.41. The molecule has 3 aliphatic heterocycles. The minimum absolute atomic E-state index is 0.0671. The third kappa shape index (κ3) is 2.59. The van der Waals surface area contributed by atoms with E-state index >= 15 is 0 Å². The maximum absolute atomic E-state index is 6.48. The second-order valence-electron chi connectivity index (χ2n) is 6.79. The number of benzene rings is 1. The minimum atomic E-state index is 0.0671. The van der Waals surface area contributed by atoms with Crippen LogP contribution in [0.25, 0.3) is 0 Å². The standard InChI is InChI=1S/C18H26N2O2/c1-2-19-7-5-18(6-8-19)14-15-3-4-16(13-17(15)22-18)20-9-11-21-12-10-20/h3-4,13H,2,5-12,14H2,1H3. The fourth-order valence-electron chi connectivity index (χ4n) is 3.97. The zero-order chi connectivity index (χ0) is 15.0. The first-order valence-electron chi connectivity index (χ1n) is 8.65. The highest BCUT2D eigenvalue weighted by molar-refractivity contribution is 5.56. The summed E-state index contributed by atoms with van der Waals surface area (Å²) in [5, 5.41) is 0. The van der Waals surface area contributed by atoms with E-state index in [1.807, 2.05) is 0 Å². The van der Waals surface area contributed by atoms with Gasteiger partial charge >= 0.3 is 0 Å². The highest BCUT2D eigenvalue weighted by atomic mass is 16.5. The van der Waals surface area contributed by atoms with E-state index in [9.17, 15) is 0 Å². The number of anilines is 1. The van der Waals surface area contributed by atoms with Crippen molar-refractivity contribution in [2.24, 2.45) is 0 Å². The van der Waals surface area contributed by atoms with Crippen LogP contribution in [0.4, 0.5) is 5.69 Å².